The monoisotopic (exact) mass is 331 g/mol. The summed E-state index contributed by atoms with van der Waals surface area (Å²) in [5.74, 6) is -0.883. The van der Waals surface area contributed by atoms with Crippen molar-refractivity contribution in [2.45, 2.75) is 19.8 Å². The fourth-order valence-electron chi connectivity index (χ4n) is 1.21. The molecule has 1 radical (unpaired) electrons. The standard InChI is InChI=1S/C7H10NO2.C4H7NO.Ag/c1-3-8-6(9)4-5(2)7(8)10;1-2-3-4(5)6;/h5H,1,3-4H2,2H3;2H,1,3H2,(H2,5,6);/q-1;;/p-1. The Morgan fingerprint density at radius 2 is 2.18 bits per heavy atom. The largest absolute Gasteiger partial charge is 0.668 e. The SMILES string of the molecule is C=CCC([NH-])=O.[Ag].[CH2-]CN1C(=O)CC(C)C1=O. The average Bonchev–Trinajstić information content (AvgIpc) is 2.41. The van der Waals surface area contributed by atoms with Crippen LogP contribution in [0.1, 0.15) is 19.8 Å². The number of amides is 3. The third-order valence-electron chi connectivity index (χ3n) is 2.02. The molecule has 0 aliphatic carbocycles. The smallest absolute Gasteiger partial charge is 0.230 e. The van der Waals surface area contributed by atoms with Crippen LogP contribution in [-0.2, 0) is 36.8 Å². The van der Waals surface area contributed by atoms with Crippen molar-refractivity contribution in [3.8, 4) is 0 Å². The summed E-state index contributed by atoms with van der Waals surface area (Å²) in [5, 5.41) is 0. The number of nitrogens with zero attached hydrogens (tertiary/aromatic N) is 1. The van der Waals surface area contributed by atoms with Crippen LogP contribution in [0, 0.1) is 12.8 Å². The number of carbonyl (C=O) groups is 3. The molecule has 0 bridgehead atoms. The number of hydrogen-bond acceptors (Lipinski definition) is 3. The number of imide groups is 1. The van der Waals surface area contributed by atoms with Gasteiger partial charge in [0.2, 0.25) is 11.8 Å². The van der Waals surface area contributed by atoms with Crippen LogP contribution in [0.2, 0.25) is 0 Å². The molecule has 1 unspecified atom stereocenters. The van der Waals surface area contributed by atoms with Gasteiger partial charge in [-0.15, -0.1) is 6.58 Å². The average molecular weight is 332 g/mol. The number of likely N-dealkylation sites (tertiary alicyclic amines) is 1. The Bertz CT molecular complexity index is 305. The normalized spacial score (nSPS) is 18.0. The van der Waals surface area contributed by atoms with E-state index in [2.05, 4.69) is 13.5 Å². The zero-order valence-corrected chi connectivity index (χ0v) is 11.1. The van der Waals surface area contributed by atoms with Crippen molar-refractivity contribution in [3.63, 3.8) is 0 Å². The second kappa shape index (κ2) is 9.15. The van der Waals surface area contributed by atoms with Crippen molar-refractivity contribution in [2.24, 2.45) is 5.92 Å². The van der Waals surface area contributed by atoms with Crippen LogP contribution in [0.4, 0.5) is 0 Å². The first-order valence-corrected chi connectivity index (χ1v) is 4.92. The van der Waals surface area contributed by atoms with Gasteiger partial charge in [0.15, 0.2) is 0 Å². The van der Waals surface area contributed by atoms with Crippen LogP contribution in [0.15, 0.2) is 12.7 Å². The van der Waals surface area contributed by atoms with Crippen LogP contribution in [0.5, 0.6) is 0 Å². The minimum absolute atomic E-state index is 0. The molecule has 17 heavy (non-hydrogen) atoms. The van der Waals surface area contributed by atoms with Crippen molar-refractivity contribution in [3.05, 3.63) is 25.3 Å². The van der Waals surface area contributed by atoms with E-state index in [0.717, 1.165) is 0 Å². The maximum Gasteiger partial charge on any atom is 0.230 e. The van der Waals surface area contributed by atoms with E-state index < -0.39 is 5.91 Å². The van der Waals surface area contributed by atoms with Gasteiger partial charge in [-0.1, -0.05) is 19.5 Å². The summed E-state index contributed by atoms with van der Waals surface area (Å²) >= 11 is 0. The predicted octanol–water partition coefficient (Wildman–Crippen LogP) is 1.35. The van der Waals surface area contributed by atoms with Gasteiger partial charge >= 0.3 is 0 Å². The number of hydrogen-bond donors (Lipinski definition) is 0. The summed E-state index contributed by atoms with van der Waals surface area (Å²) in [6.45, 7) is 8.77. The van der Waals surface area contributed by atoms with Gasteiger partial charge in [0.1, 0.15) is 0 Å². The molecule has 101 valence electrons. The third kappa shape index (κ3) is 6.41. The fraction of sp³-hybridized carbons (Fsp3) is 0.455. The Kier molecular flexibility index (Phi) is 9.94. The molecule has 1 atom stereocenters. The second-order valence-corrected chi connectivity index (χ2v) is 3.40. The Morgan fingerprint density at radius 1 is 1.65 bits per heavy atom. The van der Waals surface area contributed by atoms with E-state index in [1.54, 1.807) is 6.92 Å². The van der Waals surface area contributed by atoms with Gasteiger partial charge in [0.05, 0.1) is 5.91 Å². The van der Waals surface area contributed by atoms with Gasteiger partial charge in [-0.2, -0.15) is 0 Å². The van der Waals surface area contributed by atoms with E-state index in [1.807, 2.05) is 0 Å². The van der Waals surface area contributed by atoms with Crippen LogP contribution in [0.3, 0.4) is 0 Å². The van der Waals surface area contributed by atoms with Crippen LogP contribution in [-0.4, -0.2) is 29.2 Å². The summed E-state index contributed by atoms with van der Waals surface area (Å²) in [5.41, 5.74) is 6.27. The van der Waals surface area contributed by atoms with Gasteiger partial charge in [0, 0.05) is 41.1 Å². The van der Waals surface area contributed by atoms with E-state index in [-0.39, 0.29) is 53.1 Å². The van der Waals surface area contributed by atoms with E-state index in [4.69, 9.17) is 5.73 Å². The van der Waals surface area contributed by atoms with Crippen molar-refractivity contribution >= 4 is 17.7 Å². The molecule has 1 heterocycles. The summed E-state index contributed by atoms with van der Waals surface area (Å²) in [7, 11) is 0. The molecule has 1 saturated heterocycles. The van der Waals surface area contributed by atoms with Gasteiger partial charge < -0.3 is 22.4 Å². The molecule has 1 fully saturated rings. The molecule has 1 N–H and O–H groups in total. The molecule has 0 aromatic carbocycles. The Balaban J connectivity index is 0. The first kappa shape index (κ1) is 18.5. The molecule has 1 aliphatic rings. The zero-order valence-electron chi connectivity index (χ0n) is 9.66. The molecule has 6 heteroatoms. The number of rotatable bonds is 3. The second-order valence-electron chi connectivity index (χ2n) is 3.40. The summed E-state index contributed by atoms with van der Waals surface area (Å²) in [6.07, 6.45) is 1.93. The molecule has 0 spiro atoms. The van der Waals surface area contributed by atoms with Crippen LogP contribution >= 0.6 is 0 Å². The van der Waals surface area contributed by atoms with Gasteiger partial charge in [-0.25, -0.2) is 0 Å². The summed E-state index contributed by atoms with van der Waals surface area (Å²) < 4.78 is 0. The molecule has 5 nitrogen and oxygen atoms in total. The van der Waals surface area contributed by atoms with Gasteiger partial charge in [0.25, 0.3) is 0 Å². The predicted molar refractivity (Wildman–Crippen MR) is 60.0 cm³/mol. The molecule has 0 aromatic heterocycles. The first-order chi connectivity index (χ1) is 7.43. The van der Waals surface area contributed by atoms with Gasteiger partial charge in [-0.05, 0) is 0 Å². The summed E-state index contributed by atoms with van der Waals surface area (Å²) in [4.78, 5) is 32.7. The molecule has 0 saturated carbocycles. The Hall–Kier alpha value is -0.910. The Morgan fingerprint density at radius 3 is 2.29 bits per heavy atom. The molecule has 0 aromatic rings. The quantitative estimate of drug-likeness (QED) is 0.339. The minimum atomic E-state index is -0.579. The maximum atomic E-state index is 11.0. The van der Waals surface area contributed by atoms with Crippen molar-refractivity contribution in [2.75, 3.05) is 6.54 Å². The van der Waals surface area contributed by atoms with Crippen molar-refractivity contribution < 1.29 is 36.8 Å². The molecule has 1 aliphatic heterocycles. The summed E-state index contributed by atoms with van der Waals surface area (Å²) in [6, 6.07) is 0. The van der Waals surface area contributed by atoms with E-state index in [1.165, 1.54) is 11.0 Å². The molecular formula is C11H16AgN2O3-2. The number of nitrogens with one attached hydrogen (secondary N) is 1. The van der Waals surface area contributed by atoms with Crippen molar-refractivity contribution in [1.82, 2.24) is 4.90 Å². The molecule has 3 amide bonds. The topological polar surface area (TPSA) is 78.2 Å². The minimum Gasteiger partial charge on any atom is -0.668 e. The molecule has 1 rings (SSSR count). The van der Waals surface area contributed by atoms with E-state index in [9.17, 15) is 14.4 Å². The Labute approximate surface area is 117 Å². The number of carbonyl (C=O) groups excluding carboxylic acids is 3. The van der Waals surface area contributed by atoms with Crippen LogP contribution < -0.4 is 0 Å². The maximum absolute atomic E-state index is 11.0. The molecular weight excluding hydrogens is 316 g/mol. The van der Waals surface area contributed by atoms with Gasteiger partial charge in [-0.3, -0.25) is 9.59 Å². The zero-order chi connectivity index (χ0) is 12.7. The van der Waals surface area contributed by atoms with Crippen LogP contribution in [0.25, 0.3) is 5.73 Å². The fourth-order valence-corrected chi connectivity index (χ4v) is 1.21. The van der Waals surface area contributed by atoms with E-state index >= 15 is 0 Å². The van der Waals surface area contributed by atoms with E-state index in [0.29, 0.717) is 6.42 Å². The van der Waals surface area contributed by atoms with Crippen molar-refractivity contribution in [1.29, 1.82) is 0 Å². The third-order valence-corrected chi connectivity index (χ3v) is 2.02. The first-order valence-electron chi connectivity index (χ1n) is 4.92.